The van der Waals surface area contributed by atoms with Gasteiger partial charge in [-0.05, 0) is 68.9 Å². The first-order chi connectivity index (χ1) is 9.29. The van der Waals surface area contributed by atoms with Crippen LogP contribution >= 0.6 is 0 Å². The maximum absolute atomic E-state index is 13.1. The van der Waals surface area contributed by atoms with Crippen molar-refractivity contribution in [1.29, 1.82) is 0 Å². The van der Waals surface area contributed by atoms with Crippen LogP contribution in [-0.4, -0.2) is 30.6 Å². The molecule has 2 fully saturated rings. The fourth-order valence-corrected chi connectivity index (χ4v) is 2.84. The van der Waals surface area contributed by atoms with Crippen LogP contribution in [0.15, 0.2) is 24.3 Å². The van der Waals surface area contributed by atoms with E-state index in [4.69, 9.17) is 0 Å². The Balaban J connectivity index is 1.42. The smallest absolute Gasteiger partial charge is 0.123 e. The number of likely N-dealkylation sites (tertiary alicyclic amines) is 1. The van der Waals surface area contributed by atoms with Gasteiger partial charge in [-0.15, -0.1) is 0 Å². The molecule has 0 unspecified atom stereocenters. The summed E-state index contributed by atoms with van der Waals surface area (Å²) in [4.78, 5) is 2.43. The monoisotopic (exact) mass is 262 g/mol. The van der Waals surface area contributed by atoms with Crippen molar-refractivity contribution < 1.29 is 4.39 Å². The number of benzene rings is 1. The maximum atomic E-state index is 13.1. The Hall–Kier alpha value is -0.930. The number of nitrogens with one attached hydrogen (secondary N) is 1. The molecule has 104 valence electrons. The summed E-state index contributed by atoms with van der Waals surface area (Å²) in [5.74, 6) is 0.837. The van der Waals surface area contributed by atoms with Crippen molar-refractivity contribution >= 4 is 0 Å². The van der Waals surface area contributed by atoms with Gasteiger partial charge in [-0.3, -0.25) is 4.90 Å². The van der Waals surface area contributed by atoms with E-state index in [9.17, 15) is 4.39 Å². The molecule has 1 aromatic rings. The van der Waals surface area contributed by atoms with E-state index in [2.05, 4.69) is 10.2 Å². The second-order valence-corrected chi connectivity index (χ2v) is 6.03. The molecular weight excluding hydrogens is 239 g/mol. The van der Waals surface area contributed by atoms with Gasteiger partial charge in [-0.2, -0.15) is 0 Å². The molecule has 1 heterocycles. The molecule has 0 radical (unpaired) electrons. The molecule has 1 aliphatic heterocycles. The van der Waals surface area contributed by atoms with Gasteiger partial charge in [0.05, 0.1) is 0 Å². The third-order valence-corrected chi connectivity index (χ3v) is 4.27. The standard InChI is InChI=1S/C16H23FN2/c17-15-3-1-2-14(10-15)12-19-8-6-16(7-9-19)18-11-13-4-5-13/h1-3,10,13,16,18H,4-9,11-12H2. The highest BCUT2D eigenvalue weighted by Gasteiger charge is 2.24. The molecule has 3 heteroatoms. The lowest BCUT2D eigenvalue weighted by Crippen LogP contribution is -2.42. The largest absolute Gasteiger partial charge is 0.314 e. The molecule has 0 spiro atoms. The average molecular weight is 262 g/mol. The Morgan fingerprint density at radius 3 is 2.63 bits per heavy atom. The molecular formula is C16H23FN2. The summed E-state index contributed by atoms with van der Waals surface area (Å²) in [7, 11) is 0. The molecule has 19 heavy (non-hydrogen) atoms. The zero-order valence-corrected chi connectivity index (χ0v) is 11.4. The number of rotatable bonds is 5. The lowest BCUT2D eigenvalue weighted by atomic mass is 10.0. The molecule has 1 aromatic carbocycles. The summed E-state index contributed by atoms with van der Waals surface area (Å²) in [6.07, 6.45) is 5.29. The molecule has 0 aromatic heterocycles. The van der Waals surface area contributed by atoms with E-state index in [0.717, 1.165) is 31.1 Å². The van der Waals surface area contributed by atoms with Crippen molar-refractivity contribution in [3.05, 3.63) is 35.6 Å². The highest BCUT2D eigenvalue weighted by atomic mass is 19.1. The van der Waals surface area contributed by atoms with Crippen molar-refractivity contribution in [2.75, 3.05) is 19.6 Å². The van der Waals surface area contributed by atoms with Gasteiger partial charge in [-0.1, -0.05) is 12.1 Å². The fourth-order valence-electron chi connectivity index (χ4n) is 2.84. The summed E-state index contributed by atoms with van der Waals surface area (Å²) in [5.41, 5.74) is 1.09. The van der Waals surface area contributed by atoms with Crippen molar-refractivity contribution in [3.8, 4) is 0 Å². The Kier molecular flexibility index (Phi) is 4.14. The minimum Gasteiger partial charge on any atom is -0.314 e. The Morgan fingerprint density at radius 2 is 1.95 bits per heavy atom. The van der Waals surface area contributed by atoms with E-state index in [1.807, 2.05) is 6.07 Å². The molecule has 1 aliphatic carbocycles. The van der Waals surface area contributed by atoms with Crippen LogP contribution in [0.3, 0.4) is 0 Å². The molecule has 1 saturated carbocycles. The van der Waals surface area contributed by atoms with Crippen LogP contribution in [0.25, 0.3) is 0 Å². The highest BCUT2D eigenvalue weighted by Crippen LogP contribution is 2.28. The van der Waals surface area contributed by atoms with Gasteiger partial charge in [0, 0.05) is 12.6 Å². The maximum Gasteiger partial charge on any atom is 0.123 e. The van der Waals surface area contributed by atoms with Crippen LogP contribution < -0.4 is 5.32 Å². The summed E-state index contributed by atoms with van der Waals surface area (Å²) >= 11 is 0. The van der Waals surface area contributed by atoms with Crippen molar-refractivity contribution in [3.63, 3.8) is 0 Å². The topological polar surface area (TPSA) is 15.3 Å². The number of halogens is 1. The summed E-state index contributed by atoms with van der Waals surface area (Å²) in [5, 5.41) is 3.69. The summed E-state index contributed by atoms with van der Waals surface area (Å²) in [6, 6.07) is 7.67. The lowest BCUT2D eigenvalue weighted by Gasteiger charge is -2.32. The van der Waals surface area contributed by atoms with Gasteiger partial charge in [0.15, 0.2) is 0 Å². The number of piperidine rings is 1. The molecule has 2 aliphatic rings. The van der Waals surface area contributed by atoms with Gasteiger partial charge in [0.2, 0.25) is 0 Å². The van der Waals surface area contributed by atoms with Crippen LogP contribution in [0.2, 0.25) is 0 Å². The van der Waals surface area contributed by atoms with Gasteiger partial charge in [-0.25, -0.2) is 4.39 Å². The molecule has 1 N–H and O–H groups in total. The Morgan fingerprint density at radius 1 is 1.16 bits per heavy atom. The van der Waals surface area contributed by atoms with E-state index in [1.165, 1.54) is 38.3 Å². The molecule has 0 atom stereocenters. The minimum absolute atomic E-state index is 0.126. The fraction of sp³-hybridized carbons (Fsp3) is 0.625. The summed E-state index contributed by atoms with van der Waals surface area (Å²) < 4.78 is 13.1. The SMILES string of the molecule is Fc1cccc(CN2CCC(NCC3CC3)CC2)c1. The van der Waals surface area contributed by atoms with Crippen LogP contribution in [0.4, 0.5) is 4.39 Å². The lowest BCUT2D eigenvalue weighted by molar-refractivity contribution is 0.190. The van der Waals surface area contributed by atoms with Crippen molar-refractivity contribution in [2.24, 2.45) is 5.92 Å². The molecule has 3 rings (SSSR count). The first-order valence-corrected chi connectivity index (χ1v) is 7.50. The average Bonchev–Trinajstić information content (AvgIpc) is 3.22. The second-order valence-electron chi connectivity index (χ2n) is 6.03. The van der Waals surface area contributed by atoms with E-state index in [1.54, 1.807) is 12.1 Å². The predicted molar refractivity (Wildman–Crippen MR) is 75.4 cm³/mol. The minimum atomic E-state index is -0.126. The second kappa shape index (κ2) is 6.02. The van der Waals surface area contributed by atoms with Crippen LogP contribution in [0, 0.1) is 11.7 Å². The number of hydrogen-bond acceptors (Lipinski definition) is 2. The van der Waals surface area contributed by atoms with E-state index in [-0.39, 0.29) is 5.82 Å². The molecule has 0 amide bonds. The van der Waals surface area contributed by atoms with Crippen LogP contribution in [0.5, 0.6) is 0 Å². The van der Waals surface area contributed by atoms with Gasteiger partial charge >= 0.3 is 0 Å². The molecule has 0 bridgehead atoms. The van der Waals surface area contributed by atoms with Gasteiger partial charge in [0.1, 0.15) is 5.82 Å². The third-order valence-electron chi connectivity index (χ3n) is 4.27. The van der Waals surface area contributed by atoms with E-state index in [0.29, 0.717) is 6.04 Å². The zero-order chi connectivity index (χ0) is 13.1. The first kappa shape index (κ1) is 13.1. The number of hydrogen-bond donors (Lipinski definition) is 1. The quantitative estimate of drug-likeness (QED) is 0.878. The zero-order valence-electron chi connectivity index (χ0n) is 11.4. The predicted octanol–water partition coefficient (Wildman–Crippen LogP) is 2.79. The van der Waals surface area contributed by atoms with Crippen molar-refractivity contribution in [1.82, 2.24) is 10.2 Å². The third kappa shape index (κ3) is 4.02. The van der Waals surface area contributed by atoms with Crippen molar-refractivity contribution in [2.45, 2.75) is 38.3 Å². The van der Waals surface area contributed by atoms with E-state index >= 15 is 0 Å². The number of nitrogens with zero attached hydrogens (tertiary/aromatic N) is 1. The normalized spacial score (nSPS) is 21.7. The Bertz CT molecular complexity index is 409. The highest BCUT2D eigenvalue weighted by molar-refractivity contribution is 5.16. The first-order valence-electron chi connectivity index (χ1n) is 7.50. The van der Waals surface area contributed by atoms with Crippen LogP contribution in [0.1, 0.15) is 31.2 Å². The van der Waals surface area contributed by atoms with E-state index < -0.39 is 0 Å². The van der Waals surface area contributed by atoms with Crippen LogP contribution in [-0.2, 0) is 6.54 Å². The van der Waals surface area contributed by atoms with Gasteiger partial charge in [0.25, 0.3) is 0 Å². The molecule has 1 saturated heterocycles. The Labute approximate surface area is 115 Å². The summed E-state index contributed by atoms with van der Waals surface area (Å²) in [6.45, 7) is 4.35. The molecule has 2 nitrogen and oxygen atoms in total. The van der Waals surface area contributed by atoms with Gasteiger partial charge < -0.3 is 5.32 Å².